The summed E-state index contributed by atoms with van der Waals surface area (Å²) in [5.74, 6) is -2.75. The van der Waals surface area contributed by atoms with Crippen LogP contribution in [0.2, 0.25) is 0 Å². The number of anilines is 1. The smallest absolute Gasteiger partial charge is 0.376 e. The van der Waals surface area contributed by atoms with Gasteiger partial charge in [0.1, 0.15) is 12.7 Å². The van der Waals surface area contributed by atoms with E-state index in [1.165, 1.54) is 31.7 Å². The maximum atomic E-state index is 12.9. The molecule has 3 heterocycles. The third kappa shape index (κ3) is 7.72. The van der Waals surface area contributed by atoms with E-state index in [0.717, 1.165) is 11.1 Å². The van der Waals surface area contributed by atoms with Crippen LogP contribution in [0.5, 0.6) is 0 Å². The number of ether oxygens (including phenoxy) is 5. The molecule has 0 aliphatic carbocycles. The molecule has 1 fully saturated rings. The van der Waals surface area contributed by atoms with Crippen molar-refractivity contribution in [1.29, 1.82) is 0 Å². The van der Waals surface area contributed by atoms with Gasteiger partial charge in [-0.3, -0.25) is 19.0 Å². The summed E-state index contributed by atoms with van der Waals surface area (Å²) in [5.41, 5.74) is 2.56. The lowest BCUT2D eigenvalue weighted by Gasteiger charge is -2.23. The molecule has 4 atom stereocenters. The first-order chi connectivity index (χ1) is 22.7. The predicted octanol–water partition coefficient (Wildman–Crippen LogP) is 3.57. The third-order valence-corrected chi connectivity index (χ3v) is 7.37. The van der Waals surface area contributed by atoms with E-state index in [9.17, 15) is 19.2 Å². The first kappa shape index (κ1) is 33.0. The summed E-state index contributed by atoms with van der Waals surface area (Å²) >= 11 is 0. The van der Waals surface area contributed by atoms with E-state index in [-0.39, 0.29) is 41.9 Å². The highest BCUT2D eigenvalue weighted by molar-refractivity contribution is 5.91. The molecule has 5 rings (SSSR count). The van der Waals surface area contributed by atoms with Gasteiger partial charge in [-0.25, -0.2) is 19.7 Å². The fourth-order valence-electron chi connectivity index (χ4n) is 5.43. The van der Waals surface area contributed by atoms with Crippen LogP contribution in [0.3, 0.4) is 0 Å². The highest BCUT2D eigenvalue weighted by Gasteiger charge is 2.51. The Hall–Kier alpha value is -5.37. The van der Waals surface area contributed by atoms with E-state index < -0.39 is 48.4 Å². The minimum atomic E-state index is -1.19. The van der Waals surface area contributed by atoms with Gasteiger partial charge in [0.25, 0.3) is 0 Å². The van der Waals surface area contributed by atoms with Crippen LogP contribution >= 0.6 is 0 Å². The molecule has 4 aromatic rings. The lowest BCUT2D eigenvalue weighted by atomic mass is 9.91. The molecule has 1 saturated heterocycles. The lowest BCUT2D eigenvalue weighted by molar-refractivity contribution is -0.166. The molecule has 47 heavy (non-hydrogen) atoms. The van der Waals surface area contributed by atoms with Crippen LogP contribution in [0.25, 0.3) is 11.2 Å². The van der Waals surface area contributed by atoms with Crippen LogP contribution in [0.15, 0.2) is 67.0 Å². The van der Waals surface area contributed by atoms with Gasteiger partial charge in [-0.1, -0.05) is 60.7 Å². The second-order valence-electron chi connectivity index (χ2n) is 10.7. The maximum Gasteiger partial charge on any atom is 0.376 e. The van der Waals surface area contributed by atoms with Gasteiger partial charge in [0.05, 0.1) is 12.9 Å². The van der Waals surface area contributed by atoms with E-state index >= 15 is 0 Å². The predicted molar refractivity (Wildman–Crippen MR) is 166 cm³/mol. The zero-order valence-electron chi connectivity index (χ0n) is 26.3. The van der Waals surface area contributed by atoms with Gasteiger partial charge >= 0.3 is 23.9 Å². The summed E-state index contributed by atoms with van der Waals surface area (Å²) in [6.45, 7) is 5.47. The fourth-order valence-corrected chi connectivity index (χ4v) is 5.43. The molecule has 14 nitrogen and oxygen atoms in total. The van der Waals surface area contributed by atoms with Gasteiger partial charge < -0.3 is 29.0 Å². The second kappa shape index (κ2) is 14.8. The fraction of sp³-hybridized carbons (Fsp3) is 0.364. The number of fused-ring (bicyclic) bond motifs is 1. The van der Waals surface area contributed by atoms with Gasteiger partial charge in [0.15, 0.2) is 35.4 Å². The van der Waals surface area contributed by atoms with E-state index in [1.54, 1.807) is 6.92 Å². The van der Waals surface area contributed by atoms with Gasteiger partial charge in [-0.2, -0.15) is 0 Å². The number of carbonyl (C=O) groups excluding carboxylic acids is 4. The van der Waals surface area contributed by atoms with Crippen molar-refractivity contribution in [1.82, 2.24) is 19.5 Å². The summed E-state index contributed by atoms with van der Waals surface area (Å²) in [5, 5.41) is 3.36. The molecule has 246 valence electrons. The number of rotatable bonds is 12. The van der Waals surface area contributed by atoms with Crippen molar-refractivity contribution in [2.75, 3.05) is 25.1 Å². The van der Waals surface area contributed by atoms with Crippen molar-refractivity contribution in [3.63, 3.8) is 0 Å². The Morgan fingerprint density at radius 2 is 1.47 bits per heavy atom. The van der Waals surface area contributed by atoms with Gasteiger partial charge in [0, 0.05) is 33.2 Å². The minimum absolute atomic E-state index is 0.0893. The summed E-state index contributed by atoms with van der Waals surface area (Å²) in [6.07, 6.45) is -3.08. The highest BCUT2D eigenvalue weighted by atomic mass is 16.7. The number of nitrogens with zero attached hydrogens (tertiary/aromatic N) is 4. The molecule has 2 aromatic heterocycles. The number of nitrogens with one attached hydrogen (secondary N) is 1. The highest BCUT2D eigenvalue weighted by Crippen LogP contribution is 2.37. The zero-order valence-corrected chi connectivity index (χ0v) is 26.3. The van der Waals surface area contributed by atoms with E-state index in [2.05, 4.69) is 20.3 Å². The Morgan fingerprint density at radius 1 is 0.851 bits per heavy atom. The average molecular weight is 646 g/mol. The number of carbonyl (C=O) groups is 4. The topological polar surface area (TPSA) is 170 Å². The molecule has 2 aromatic carbocycles. The number of esters is 4. The lowest BCUT2D eigenvalue weighted by Crippen LogP contribution is -2.40. The van der Waals surface area contributed by atoms with Crippen molar-refractivity contribution in [2.24, 2.45) is 0 Å². The Labute approximate surface area is 270 Å². The molecule has 1 aliphatic rings. The second-order valence-corrected chi connectivity index (χ2v) is 10.7. The van der Waals surface area contributed by atoms with Crippen molar-refractivity contribution in [3.8, 4) is 0 Å². The number of imidazole rings is 1. The van der Waals surface area contributed by atoms with Crippen LogP contribution in [0, 0.1) is 0 Å². The number of benzene rings is 2. The third-order valence-electron chi connectivity index (χ3n) is 7.37. The first-order valence-electron chi connectivity index (χ1n) is 15.0. The van der Waals surface area contributed by atoms with E-state index in [4.69, 9.17) is 23.7 Å². The van der Waals surface area contributed by atoms with Crippen LogP contribution in [-0.2, 0) is 38.1 Å². The van der Waals surface area contributed by atoms with E-state index in [1.807, 2.05) is 60.7 Å². The van der Waals surface area contributed by atoms with Crippen molar-refractivity contribution in [3.05, 3.63) is 83.9 Å². The van der Waals surface area contributed by atoms with Gasteiger partial charge in [0.2, 0.25) is 5.82 Å². The Balaban J connectivity index is 1.57. The monoisotopic (exact) mass is 645 g/mol. The molecule has 14 heteroatoms. The Bertz CT molecular complexity index is 1690. The van der Waals surface area contributed by atoms with Crippen molar-refractivity contribution in [2.45, 2.75) is 58.2 Å². The minimum Gasteiger partial charge on any atom is -0.463 e. The molecule has 0 bridgehead atoms. The van der Waals surface area contributed by atoms with Crippen LogP contribution in [-0.4, -0.2) is 81.5 Å². The molecule has 0 spiro atoms. The molecule has 1 aliphatic heterocycles. The van der Waals surface area contributed by atoms with Crippen molar-refractivity contribution >= 4 is 40.9 Å². The normalized spacial score (nSPS) is 18.9. The first-order valence-corrected chi connectivity index (χ1v) is 15.0. The van der Waals surface area contributed by atoms with Gasteiger partial charge in [-0.05, 0) is 18.1 Å². The SMILES string of the molecule is CCOC(=O)c1nc(NCC(c2ccccc2)c2ccccc2)c2ncn([C@@H]3O[C@H](COC(C)=O)[C@@H](OC(C)=O)[C@@H]3OC(C)=O)c2n1. The molecule has 0 unspecified atom stereocenters. The largest absolute Gasteiger partial charge is 0.463 e. The molecule has 0 saturated carbocycles. The Kier molecular flexibility index (Phi) is 10.4. The Morgan fingerprint density at radius 3 is 2.04 bits per heavy atom. The summed E-state index contributed by atoms with van der Waals surface area (Å²) in [6, 6.07) is 19.9. The zero-order chi connectivity index (χ0) is 33.5. The molecule has 1 N–H and O–H groups in total. The van der Waals surface area contributed by atoms with Crippen LogP contribution in [0.4, 0.5) is 5.82 Å². The number of aromatic nitrogens is 4. The summed E-state index contributed by atoms with van der Waals surface area (Å²) in [7, 11) is 0. The van der Waals surface area contributed by atoms with E-state index in [0.29, 0.717) is 6.54 Å². The number of hydrogen-bond acceptors (Lipinski definition) is 13. The van der Waals surface area contributed by atoms with Gasteiger partial charge in [-0.15, -0.1) is 0 Å². The van der Waals surface area contributed by atoms with Crippen molar-refractivity contribution < 1.29 is 42.9 Å². The quantitative estimate of drug-likeness (QED) is 0.175. The summed E-state index contributed by atoms with van der Waals surface area (Å²) < 4.78 is 29.1. The molecular formula is C33H35N5O9. The standard InChI is InChI=1S/C33H35N5O9/c1-5-43-33(42)30-36-29(34-16-24(22-12-8-6-9-13-22)23-14-10-7-11-15-23)26-31(37-30)38(18-35-26)32-28(46-21(4)41)27(45-20(3)40)25(47-32)17-44-19(2)39/h6-15,18,24-25,27-28,32H,5,16-17H2,1-4H3,(H,34,36,37)/t25-,27-,28+,32-/m1/s1. The number of hydrogen-bond donors (Lipinski definition) is 1. The van der Waals surface area contributed by atoms with Crippen LogP contribution < -0.4 is 5.32 Å². The molecule has 0 radical (unpaired) electrons. The average Bonchev–Trinajstić information content (AvgIpc) is 3.61. The van der Waals surface area contributed by atoms with Crippen LogP contribution in [0.1, 0.15) is 61.6 Å². The summed E-state index contributed by atoms with van der Waals surface area (Å²) in [4.78, 5) is 62.3. The molecule has 0 amide bonds. The molecular weight excluding hydrogens is 610 g/mol. The maximum absolute atomic E-state index is 12.9.